The highest BCUT2D eigenvalue weighted by atomic mass is 35.5. The number of aliphatic hydroxyl groups excluding tert-OH is 1. The Kier molecular flexibility index (Phi) is 8.22. The molecule has 1 atom stereocenters. The van der Waals surface area contributed by atoms with E-state index in [0.717, 1.165) is 49.7 Å². The minimum atomic E-state index is -0.261. The van der Waals surface area contributed by atoms with Gasteiger partial charge < -0.3 is 25.4 Å². The molecule has 37 heavy (non-hydrogen) atoms. The molecule has 1 aliphatic carbocycles. The third-order valence-corrected chi connectivity index (χ3v) is 7.93. The fourth-order valence-corrected chi connectivity index (χ4v) is 5.77. The maximum atomic E-state index is 13.2. The number of hydrogen-bond donors (Lipinski definition) is 3. The predicted octanol–water partition coefficient (Wildman–Crippen LogP) is 3.40. The first kappa shape index (κ1) is 25.9. The van der Waals surface area contributed by atoms with Crippen LogP contribution in [0.25, 0.3) is 11.3 Å². The SMILES string of the molecule is O=C(CN1Cc2ccc(-c3nc(NC4CCOCC4)ncc3Cl)cc2C1=O)NC(CO)C1CCCCC1. The zero-order valence-electron chi connectivity index (χ0n) is 20.9. The standard InChI is InChI=1S/C27H34ClN5O4/c28-22-13-29-27(30-20-8-10-37-11-9-20)32-25(22)18-6-7-19-14-33(26(36)21(19)12-18)15-24(35)31-23(16-34)17-4-2-1-3-5-17/h6-7,12-13,17,20,23,34H,1-5,8-11,14-16H2,(H,31,35)(H,29,30,32). The van der Waals surface area contributed by atoms with E-state index in [2.05, 4.69) is 20.6 Å². The summed E-state index contributed by atoms with van der Waals surface area (Å²) in [6, 6.07) is 5.56. The molecule has 1 saturated heterocycles. The summed E-state index contributed by atoms with van der Waals surface area (Å²) in [5, 5.41) is 16.5. The van der Waals surface area contributed by atoms with E-state index in [9.17, 15) is 14.7 Å². The Morgan fingerprint density at radius 1 is 1.19 bits per heavy atom. The maximum Gasteiger partial charge on any atom is 0.254 e. The van der Waals surface area contributed by atoms with Crippen molar-refractivity contribution in [3.63, 3.8) is 0 Å². The Hall–Kier alpha value is -2.75. The van der Waals surface area contributed by atoms with Crippen LogP contribution in [0.4, 0.5) is 5.95 Å². The lowest BCUT2D eigenvalue weighted by molar-refractivity contribution is -0.123. The molecule has 2 aromatic rings. The fourth-order valence-electron chi connectivity index (χ4n) is 5.57. The Morgan fingerprint density at radius 2 is 1.97 bits per heavy atom. The molecule has 1 saturated carbocycles. The zero-order valence-corrected chi connectivity index (χ0v) is 21.7. The molecule has 10 heteroatoms. The maximum absolute atomic E-state index is 13.2. The molecule has 3 aliphatic rings. The van der Waals surface area contributed by atoms with Crippen molar-refractivity contribution >= 4 is 29.4 Å². The second kappa shape index (κ2) is 11.8. The molecule has 3 N–H and O–H groups in total. The summed E-state index contributed by atoms with van der Waals surface area (Å²) in [6.07, 6.45) is 8.84. The fraction of sp³-hybridized carbons (Fsp3) is 0.556. The van der Waals surface area contributed by atoms with E-state index in [0.29, 0.717) is 47.9 Å². The lowest BCUT2D eigenvalue weighted by Gasteiger charge is -2.30. The van der Waals surface area contributed by atoms with Crippen LogP contribution in [0.15, 0.2) is 24.4 Å². The smallest absolute Gasteiger partial charge is 0.254 e. The van der Waals surface area contributed by atoms with Gasteiger partial charge in [-0.2, -0.15) is 0 Å². The number of aromatic nitrogens is 2. The van der Waals surface area contributed by atoms with Crippen molar-refractivity contribution in [1.82, 2.24) is 20.2 Å². The molecule has 0 bridgehead atoms. The molecule has 0 radical (unpaired) electrons. The van der Waals surface area contributed by atoms with Gasteiger partial charge in [-0.3, -0.25) is 9.59 Å². The predicted molar refractivity (Wildman–Crippen MR) is 140 cm³/mol. The molecule has 5 rings (SSSR count). The number of carbonyl (C=O) groups excluding carboxylic acids is 2. The number of rotatable bonds is 8. The average molecular weight is 528 g/mol. The molecule has 1 aromatic carbocycles. The van der Waals surface area contributed by atoms with Crippen LogP contribution in [0.3, 0.4) is 0 Å². The first-order valence-corrected chi connectivity index (χ1v) is 13.6. The van der Waals surface area contributed by atoms with Gasteiger partial charge in [0, 0.05) is 36.9 Å². The summed E-state index contributed by atoms with van der Waals surface area (Å²) in [5.74, 6) is 0.345. The summed E-state index contributed by atoms with van der Waals surface area (Å²) in [7, 11) is 0. The van der Waals surface area contributed by atoms with Crippen LogP contribution in [0.2, 0.25) is 5.02 Å². The number of benzene rings is 1. The number of nitrogens with zero attached hydrogens (tertiary/aromatic N) is 3. The Morgan fingerprint density at radius 3 is 2.73 bits per heavy atom. The summed E-state index contributed by atoms with van der Waals surface area (Å²) in [5.41, 5.74) is 2.68. The van der Waals surface area contributed by atoms with E-state index in [1.807, 2.05) is 12.1 Å². The third kappa shape index (κ3) is 6.05. The molecule has 2 amide bonds. The molecule has 0 spiro atoms. The number of aliphatic hydroxyl groups is 1. The van der Waals surface area contributed by atoms with E-state index in [1.54, 1.807) is 17.2 Å². The van der Waals surface area contributed by atoms with Crippen molar-refractivity contribution in [2.75, 3.05) is 31.7 Å². The van der Waals surface area contributed by atoms with Crippen LogP contribution < -0.4 is 10.6 Å². The van der Waals surface area contributed by atoms with Crippen LogP contribution in [0.1, 0.15) is 60.9 Å². The van der Waals surface area contributed by atoms with Gasteiger partial charge in [0.25, 0.3) is 5.91 Å². The van der Waals surface area contributed by atoms with Crippen LogP contribution in [0.5, 0.6) is 0 Å². The van der Waals surface area contributed by atoms with Crippen molar-refractivity contribution < 1.29 is 19.4 Å². The summed E-state index contributed by atoms with van der Waals surface area (Å²) in [4.78, 5) is 36.5. The second-order valence-corrected chi connectivity index (χ2v) is 10.6. The molecule has 9 nitrogen and oxygen atoms in total. The van der Waals surface area contributed by atoms with E-state index in [4.69, 9.17) is 16.3 Å². The van der Waals surface area contributed by atoms with Gasteiger partial charge in [0.1, 0.15) is 6.54 Å². The number of halogens is 1. The third-order valence-electron chi connectivity index (χ3n) is 7.66. The summed E-state index contributed by atoms with van der Waals surface area (Å²) >= 11 is 6.44. The number of nitrogens with one attached hydrogen (secondary N) is 2. The Bertz CT molecular complexity index is 1130. The highest BCUT2D eigenvalue weighted by molar-refractivity contribution is 6.33. The first-order valence-electron chi connectivity index (χ1n) is 13.2. The summed E-state index contributed by atoms with van der Waals surface area (Å²) < 4.78 is 5.41. The second-order valence-electron chi connectivity index (χ2n) is 10.2. The minimum absolute atomic E-state index is 0.0422. The largest absolute Gasteiger partial charge is 0.394 e. The first-order chi connectivity index (χ1) is 18.0. The van der Waals surface area contributed by atoms with Gasteiger partial charge >= 0.3 is 0 Å². The highest BCUT2D eigenvalue weighted by Gasteiger charge is 2.31. The van der Waals surface area contributed by atoms with Gasteiger partial charge in [-0.15, -0.1) is 0 Å². The number of hydrogen-bond acceptors (Lipinski definition) is 7. The minimum Gasteiger partial charge on any atom is -0.394 e. The van der Waals surface area contributed by atoms with Crippen LogP contribution in [-0.2, 0) is 16.1 Å². The van der Waals surface area contributed by atoms with Gasteiger partial charge in [-0.25, -0.2) is 9.97 Å². The summed E-state index contributed by atoms with van der Waals surface area (Å²) in [6.45, 7) is 1.66. The monoisotopic (exact) mass is 527 g/mol. The molecule has 198 valence electrons. The molecular formula is C27H34ClN5O4. The van der Waals surface area contributed by atoms with Crippen molar-refractivity contribution in [1.29, 1.82) is 0 Å². The Balaban J connectivity index is 1.25. The van der Waals surface area contributed by atoms with Gasteiger partial charge in [0.15, 0.2) is 0 Å². The van der Waals surface area contributed by atoms with Crippen molar-refractivity contribution in [2.45, 2.75) is 63.6 Å². The lowest BCUT2D eigenvalue weighted by Crippen LogP contribution is -2.47. The number of fused-ring (bicyclic) bond motifs is 1. The Labute approximate surface area is 222 Å². The van der Waals surface area contributed by atoms with Crippen LogP contribution >= 0.6 is 11.6 Å². The molecule has 1 unspecified atom stereocenters. The van der Waals surface area contributed by atoms with E-state index < -0.39 is 0 Å². The molecule has 2 aliphatic heterocycles. The molecule has 1 aromatic heterocycles. The van der Waals surface area contributed by atoms with Gasteiger partial charge in [0.05, 0.1) is 29.6 Å². The average Bonchev–Trinajstić information content (AvgIpc) is 3.23. The van der Waals surface area contributed by atoms with Crippen molar-refractivity contribution in [3.05, 3.63) is 40.5 Å². The topological polar surface area (TPSA) is 117 Å². The number of ether oxygens (including phenoxy) is 1. The lowest BCUT2D eigenvalue weighted by atomic mass is 9.84. The number of carbonyl (C=O) groups is 2. The van der Waals surface area contributed by atoms with Crippen molar-refractivity contribution in [2.24, 2.45) is 5.92 Å². The molecular weight excluding hydrogens is 494 g/mol. The van der Waals surface area contributed by atoms with E-state index in [-0.39, 0.29) is 37.0 Å². The van der Waals surface area contributed by atoms with Gasteiger partial charge in [0.2, 0.25) is 11.9 Å². The zero-order chi connectivity index (χ0) is 25.8. The molecule has 2 fully saturated rings. The van der Waals surface area contributed by atoms with Crippen molar-refractivity contribution in [3.8, 4) is 11.3 Å². The van der Waals surface area contributed by atoms with Crippen LogP contribution in [-0.4, -0.2) is 70.2 Å². The molecule has 3 heterocycles. The quantitative estimate of drug-likeness (QED) is 0.481. The van der Waals surface area contributed by atoms with Crippen LogP contribution in [0, 0.1) is 5.92 Å². The van der Waals surface area contributed by atoms with Gasteiger partial charge in [-0.1, -0.05) is 43.0 Å². The van der Waals surface area contributed by atoms with E-state index >= 15 is 0 Å². The number of amides is 2. The normalized spacial score (nSPS) is 19.5. The van der Waals surface area contributed by atoms with Gasteiger partial charge in [-0.05, 0) is 43.2 Å². The highest BCUT2D eigenvalue weighted by Crippen LogP contribution is 2.32. The van der Waals surface area contributed by atoms with E-state index in [1.165, 1.54) is 6.42 Å². The number of anilines is 1.